The highest BCUT2D eigenvalue weighted by molar-refractivity contribution is 8.15. The predicted octanol–water partition coefficient (Wildman–Crippen LogP) is 1.97. The predicted molar refractivity (Wildman–Crippen MR) is 79.1 cm³/mol. The van der Waals surface area contributed by atoms with Crippen LogP contribution in [-0.2, 0) is 14.3 Å². The van der Waals surface area contributed by atoms with Gasteiger partial charge in [-0.1, -0.05) is 6.92 Å². The van der Waals surface area contributed by atoms with E-state index in [-0.39, 0.29) is 17.3 Å². The molecule has 0 bridgehead atoms. The Kier molecular flexibility index (Phi) is 5.44. The lowest BCUT2D eigenvalue weighted by atomic mass is 10.2. The van der Waals surface area contributed by atoms with E-state index in [2.05, 4.69) is 10.3 Å². The maximum absolute atomic E-state index is 11.7. The molecule has 0 aromatic carbocycles. The van der Waals surface area contributed by atoms with Crippen LogP contribution in [0.2, 0.25) is 0 Å². The van der Waals surface area contributed by atoms with Gasteiger partial charge in [0, 0.05) is 5.25 Å². The Morgan fingerprint density at radius 3 is 2.50 bits per heavy atom. The van der Waals surface area contributed by atoms with Crippen molar-refractivity contribution in [1.82, 2.24) is 5.32 Å². The maximum atomic E-state index is 11.7. The zero-order valence-corrected chi connectivity index (χ0v) is 13.5. The first kappa shape index (κ1) is 16.8. The van der Waals surface area contributed by atoms with Crippen LogP contribution in [0.3, 0.4) is 0 Å². The average Bonchev–Trinajstić information content (AvgIpc) is 2.67. The van der Waals surface area contributed by atoms with Crippen molar-refractivity contribution in [2.45, 2.75) is 57.6 Å². The molecular weight excluding hydrogens is 280 g/mol. The van der Waals surface area contributed by atoms with E-state index in [9.17, 15) is 9.59 Å². The fourth-order valence-electron chi connectivity index (χ4n) is 1.65. The van der Waals surface area contributed by atoms with E-state index < -0.39 is 17.7 Å². The van der Waals surface area contributed by atoms with Gasteiger partial charge in [0.25, 0.3) is 0 Å². The molecule has 1 N–H and O–H groups in total. The number of ether oxygens (including phenoxy) is 2. The summed E-state index contributed by atoms with van der Waals surface area (Å²) in [6, 6.07) is -0.810. The third-order valence-electron chi connectivity index (χ3n) is 2.56. The van der Waals surface area contributed by atoms with Crippen LogP contribution in [0.15, 0.2) is 4.99 Å². The van der Waals surface area contributed by atoms with Crippen LogP contribution in [0.1, 0.15) is 34.6 Å². The second kappa shape index (κ2) is 6.47. The van der Waals surface area contributed by atoms with Gasteiger partial charge in [0.05, 0.1) is 18.2 Å². The van der Waals surface area contributed by atoms with E-state index in [0.29, 0.717) is 5.04 Å². The number of carbonyl (C=O) groups excluding carboxylic acids is 2. The first-order valence-electron chi connectivity index (χ1n) is 6.45. The lowest BCUT2D eigenvalue weighted by Gasteiger charge is -2.21. The summed E-state index contributed by atoms with van der Waals surface area (Å²) in [7, 11) is 1.34. The van der Waals surface area contributed by atoms with Gasteiger partial charge < -0.3 is 14.8 Å². The molecule has 6 nitrogen and oxygen atoms in total. The minimum Gasteiger partial charge on any atom is -0.467 e. The second-order valence-electron chi connectivity index (χ2n) is 5.63. The molecule has 0 saturated heterocycles. The van der Waals surface area contributed by atoms with E-state index in [4.69, 9.17) is 9.47 Å². The fourth-order valence-corrected chi connectivity index (χ4v) is 2.77. The van der Waals surface area contributed by atoms with E-state index in [1.165, 1.54) is 18.9 Å². The van der Waals surface area contributed by atoms with Gasteiger partial charge in [-0.3, -0.25) is 4.99 Å². The van der Waals surface area contributed by atoms with Crippen molar-refractivity contribution >= 4 is 28.9 Å². The van der Waals surface area contributed by atoms with Gasteiger partial charge in [0.2, 0.25) is 0 Å². The van der Waals surface area contributed by atoms with Crippen LogP contribution >= 0.6 is 11.8 Å². The molecule has 3 atom stereocenters. The largest absolute Gasteiger partial charge is 0.467 e. The molecule has 114 valence electrons. The molecule has 0 radical (unpaired) electrons. The molecule has 0 aromatic heterocycles. The summed E-state index contributed by atoms with van der Waals surface area (Å²) in [5.74, 6) is -0.357. The summed E-state index contributed by atoms with van der Waals surface area (Å²) in [6.07, 6.45) is -0.498. The number of aliphatic imine (C=N–C) groups is 1. The van der Waals surface area contributed by atoms with E-state index in [1.807, 2.05) is 13.8 Å². The Bertz CT molecular complexity index is 417. The first-order chi connectivity index (χ1) is 9.14. The number of hydrogen-bond acceptors (Lipinski definition) is 6. The lowest BCUT2D eigenvalue weighted by Crippen LogP contribution is -2.40. The van der Waals surface area contributed by atoms with Gasteiger partial charge in [-0.25, -0.2) is 9.59 Å². The fraction of sp³-hybridized carbons (Fsp3) is 0.769. The van der Waals surface area contributed by atoms with Crippen LogP contribution in [-0.4, -0.2) is 47.2 Å². The first-order valence-corrected chi connectivity index (χ1v) is 7.33. The topological polar surface area (TPSA) is 77.0 Å². The molecule has 0 spiro atoms. The van der Waals surface area contributed by atoms with Crippen LogP contribution in [0, 0.1) is 0 Å². The molecule has 1 heterocycles. The number of carbonyl (C=O) groups is 2. The Labute approximate surface area is 123 Å². The Morgan fingerprint density at radius 2 is 2.00 bits per heavy atom. The molecule has 20 heavy (non-hydrogen) atoms. The molecule has 1 aliphatic heterocycles. The Morgan fingerprint density at radius 1 is 1.40 bits per heavy atom. The maximum Gasteiger partial charge on any atom is 0.408 e. The standard InChI is InChI=1S/C13H22N2O4S/c1-7(14-12(17)19-13(3,4)5)10-15-9(8(2)20-10)11(16)18-6/h7-9H,1-6H3,(H,14,17)/t7-,8?,9+/m0/s1. The third kappa shape index (κ3) is 4.70. The number of nitrogens with zero attached hydrogens (tertiary/aromatic N) is 1. The zero-order valence-electron chi connectivity index (χ0n) is 12.7. The average molecular weight is 302 g/mol. The molecule has 7 heteroatoms. The van der Waals surface area contributed by atoms with Gasteiger partial charge in [-0.2, -0.15) is 0 Å². The highest BCUT2D eigenvalue weighted by Crippen LogP contribution is 2.29. The third-order valence-corrected chi connectivity index (χ3v) is 3.89. The summed E-state index contributed by atoms with van der Waals surface area (Å²) < 4.78 is 9.89. The normalized spacial score (nSPS) is 23.8. The minimum atomic E-state index is -0.545. The molecule has 1 unspecified atom stereocenters. The van der Waals surface area contributed by atoms with Gasteiger partial charge in [0.15, 0.2) is 6.04 Å². The summed E-state index contributed by atoms with van der Waals surface area (Å²) in [5.41, 5.74) is -0.545. The van der Waals surface area contributed by atoms with E-state index >= 15 is 0 Å². The number of esters is 1. The van der Waals surface area contributed by atoms with Crippen molar-refractivity contribution in [2.24, 2.45) is 4.99 Å². The summed E-state index contributed by atoms with van der Waals surface area (Å²) in [6.45, 7) is 9.11. The van der Waals surface area contributed by atoms with Crippen LogP contribution in [0.25, 0.3) is 0 Å². The second-order valence-corrected chi connectivity index (χ2v) is 7.02. The number of rotatable bonds is 3. The van der Waals surface area contributed by atoms with Gasteiger partial charge in [-0.05, 0) is 27.7 Å². The highest BCUT2D eigenvalue weighted by Gasteiger charge is 2.35. The highest BCUT2D eigenvalue weighted by atomic mass is 32.2. The van der Waals surface area contributed by atoms with Crippen LogP contribution in [0.4, 0.5) is 4.79 Å². The Hall–Kier alpha value is -1.24. The van der Waals surface area contributed by atoms with E-state index in [1.54, 1.807) is 20.8 Å². The molecule has 0 aromatic rings. The monoisotopic (exact) mass is 302 g/mol. The number of amides is 1. The Balaban J connectivity index is 2.62. The lowest BCUT2D eigenvalue weighted by molar-refractivity contribution is -0.141. The van der Waals surface area contributed by atoms with Gasteiger partial charge in [0.1, 0.15) is 5.60 Å². The molecular formula is C13H22N2O4S. The SMILES string of the molecule is COC(=O)[C@@H]1N=C([C@H](C)NC(=O)OC(C)(C)C)SC1C. The van der Waals surface area contributed by atoms with Crippen molar-refractivity contribution < 1.29 is 19.1 Å². The number of methoxy groups -OCH3 is 1. The summed E-state index contributed by atoms with van der Waals surface area (Å²) >= 11 is 1.46. The minimum absolute atomic E-state index is 0.000312. The molecule has 1 rings (SSSR count). The van der Waals surface area contributed by atoms with Crippen molar-refractivity contribution in [3.63, 3.8) is 0 Å². The molecule has 0 fully saturated rings. The van der Waals surface area contributed by atoms with Crippen molar-refractivity contribution in [1.29, 1.82) is 0 Å². The van der Waals surface area contributed by atoms with Crippen molar-refractivity contribution in [2.75, 3.05) is 7.11 Å². The van der Waals surface area contributed by atoms with Crippen molar-refractivity contribution in [3.8, 4) is 0 Å². The van der Waals surface area contributed by atoms with E-state index in [0.717, 1.165) is 0 Å². The number of nitrogens with one attached hydrogen (secondary N) is 1. The molecule has 1 amide bonds. The van der Waals surface area contributed by atoms with Crippen LogP contribution in [0.5, 0.6) is 0 Å². The quantitative estimate of drug-likeness (QED) is 0.807. The molecule has 0 saturated carbocycles. The zero-order chi connectivity index (χ0) is 15.5. The van der Waals surface area contributed by atoms with Gasteiger partial charge in [-0.15, -0.1) is 11.8 Å². The van der Waals surface area contributed by atoms with Gasteiger partial charge >= 0.3 is 12.1 Å². The van der Waals surface area contributed by atoms with Crippen molar-refractivity contribution in [3.05, 3.63) is 0 Å². The summed E-state index contributed by atoms with van der Waals surface area (Å²) in [5, 5.41) is 3.42. The number of alkyl carbamates (subject to hydrolysis) is 1. The molecule has 0 aliphatic carbocycles. The number of thioether (sulfide) groups is 1. The molecule has 1 aliphatic rings. The smallest absolute Gasteiger partial charge is 0.408 e. The van der Waals surface area contributed by atoms with Crippen LogP contribution < -0.4 is 5.32 Å². The summed E-state index contributed by atoms with van der Waals surface area (Å²) in [4.78, 5) is 27.6. The number of hydrogen-bond donors (Lipinski definition) is 1.